The van der Waals surface area contributed by atoms with Gasteiger partial charge in [-0.1, -0.05) is 143 Å². The minimum Gasteiger partial charge on any atom is -0.462 e. The summed E-state index contributed by atoms with van der Waals surface area (Å²) in [4.78, 5) is 25.3. The van der Waals surface area contributed by atoms with Crippen molar-refractivity contribution in [1.82, 2.24) is 0 Å². The molecule has 0 saturated carbocycles. The van der Waals surface area contributed by atoms with E-state index in [-0.39, 0.29) is 26.1 Å². The minimum atomic E-state index is -1.61. The van der Waals surface area contributed by atoms with Gasteiger partial charge in [-0.25, -0.2) is 0 Å². The van der Waals surface area contributed by atoms with Crippen LogP contribution in [0, 0.1) is 0 Å². The van der Waals surface area contributed by atoms with Crippen LogP contribution in [0.4, 0.5) is 0 Å². The van der Waals surface area contributed by atoms with Crippen LogP contribution < -0.4 is 0 Å². The SMILES string of the molecule is CC/C=C/C=C/C=C/C=C/CCCCCCCC(=O)O[C@@H](COC(=O)CCCCC/C=C/C/C=C/C/C=C/C/C=C/CCC)CO[C@H]1O[C@@H](CO)[C@@H](O)C(O)C1O. The molecule has 1 rings (SSSR count). The zero-order valence-electron chi connectivity index (χ0n) is 34.8. The number of esters is 2. The van der Waals surface area contributed by atoms with Gasteiger partial charge in [0.1, 0.15) is 31.0 Å². The quantitative estimate of drug-likeness (QED) is 0.0220. The van der Waals surface area contributed by atoms with Crippen LogP contribution in [-0.4, -0.2) is 89.0 Å². The van der Waals surface area contributed by atoms with E-state index >= 15 is 0 Å². The van der Waals surface area contributed by atoms with Crippen molar-refractivity contribution in [2.75, 3.05) is 19.8 Å². The summed E-state index contributed by atoms with van der Waals surface area (Å²) >= 11 is 0. The van der Waals surface area contributed by atoms with Crippen molar-refractivity contribution < 1.29 is 49.0 Å². The number of hydrogen-bond acceptors (Lipinski definition) is 10. The van der Waals surface area contributed by atoms with Crippen LogP contribution in [0.1, 0.15) is 129 Å². The van der Waals surface area contributed by atoms with Crippen LogP contribution in [0.25, 0.3) is 0 Å². The van der Waals surface area contributed by atoms with E-state index in [1.165, 1.54) is 6.42 Å². The normalized spacial score (nSPS) is 21.3. The van der Waals surface area contributed by atoms with Gasteiger partial charge in [-0.3, -0.25) is 9.59 Å². The lowest BCUT2D eigenvalue weighted by atomic mass is 9.99. The third-order valence-electron chi connectivity index (χ3n) is 9.03. The second-order valence-corrected chi connectivity index (χ2v) is 14.1. The first-order valence-corrected chi connectivity index (χ1v) is 21.4. The summed E-state index contributed by atoms with van der Waals surface area (Å²) in [6.45, 7) is 3.13. The summed E-state index contributed by atoms with van der Waals surface area (Å²) < 4.78 is 22.1. The fourth-order valence-corrected chi connectivity index (χ4v) is 5.66. The van der Waals surface area contributed by atoms with Gasteiger partial charge in [0.15, 0.2) is 12.4 Å². The molecule has 1 aliphatic heterocycles. The first kappa shape index (κ1) is 51.6. The smallest absolute Gasteiger partial charge is 0.306 e. The topological polar surface area (TPSA) is 152 Å². The lowest BCUT2D eigenvalue weighted by molar-refractivity contribution is -0.305. The molecule has 0 bridgehead atoms. The Morgan fingerprint density at radius 3 is 1.74 bits per heavy atom. The van der Waals surface area contributed by atoms with Crippen molar-refractivity contribution in [1.29, 1.82) is 0 Å². The molecule has 10 heteroatoms. The number of carbonyl (C=O) groups excluding carboxylic acids is 2. The van der Waals surface area contributed by atoms with Crippen LogP contribution in [0.5, 0.6) is 0 Å². The Morgan fingerprint density at radius 2 is 1.11 bits per heavy atom. The van der Waals surface area contributed by atoms with E-state index < -0.39 is 55.4 Å². The molecular formula is C47H74O10. The van der Waals surface area contributed by atoms with Gasteiger partial charge in [-0.2, -0.15) is 0 Å². The molecule has 1 saturated heterocycles. The Bertz CT molecular complexity index is 1240. The third-order valence-corrected chi connectivity index (χ3v) is 9.03. The average molecular weight is 799 g/mol. The summed E-state index contributed by atoms with van der Waals surface area (Å²) in [5, 5.41) is 40.0. The Hall–Kier alpha value is -3.38. The average Bonchev–Trinajstić information content (AvgIpc) is 3.21. The number of allylic oxidation sites excluding steroid dienone is 16. The molecule has 57 heavy (non-hydrogen) atoms. The first-order chi connectivity index (χ1) is 27.8. The molecule has 1 aliphatic rings. The number of aliphatic hydroxyl groups is 4. The van der Waals surface area contributed by atoms with Gasteiger partial charge >= 0.3 is 11.9 Å². The van der Waals surface area contributed by atoms with Gasteiger partial charge in [0, 0.05) is 12.8 Å². The molecule has 10 nitrogen and oxygen atoms in total. The van der Waals surface area contributed by atoms with Crippen LogP contribution >= 0.6 is 0 Å². The van der Waals surface area contributed by atoms with Crippen molar-refractivity contribution in [2.24, 2.45) is 0 Å². The molecular weight excluding hydrogens is 725 g/mol. The van der Waals surface area contributed by atoms with Gasteiger partial charge in [-0.15, -0.1) is 0 Å². The van der Waals surface area contributed by atoms with Crippen LogP contribution in [0.2, 0.25) is 0 Å². The zero-order chi connectivity index (χ0) is 41.6. The molecule has 0 amide bonds. The summed E-state index contributed by atoms with van der Waals surface area (Å²) in [7, 11) is 0. The second-order valence-electron chi connectivity index (χ2n) is 14.1. The highest BCUT2D eigenvalue weighted by atomic mass is 16.7. The van der Waals surface area contributed by atoms with Crippen molar-refractivity contribution >= 4 is 11.9 Å². The summed E-state index contributed by atoms with van der Waals surface area (Å²) in [6, 6.07) is 0. The highest BCUT2D eigenvalue weighted by molar-refractivity contribution is 5.70. The standard InChI is InChI=1S/C47H74O10/c1-3-5-7-9-11-13-15-17-19-20-22-23-25-27-29-31-33-35-42(49)54-38-40(39-55-47-46(53)45(52)44(51)41(37-48)57-47)56-43(50)36-34-32-30-28-26-24-21-18-16-14-12-10-8-6-4-2/h6-10,12-16,18-21,23,25,40-41,44-48,51-53H,3-5,11,17,22,24,26-39H2,1-2H3/b8-6+,9-7+,12-10+,15-13+,16-14+,20-19+,21-18+,25-23+/t40-,41-,44+,45?,46?,47-/m0/s1. The molecule has 0 aromatic carbocycles. The van der Waals surface area contributed by atoms with E-state index in [1.807, 2.05) is 30.4 Å². The largest absolute Gasteiger partial charge is 0.462 e. The molecule has 6 atom stereocenters. The maximum absolute atomic E-state index is 12.7. The van der Waals surface area contributed by atoms with Gasteiger partial charge < -0.3 is 39.4 Å². The highest BCUT2D eigenvalue weighted by Gasteiger charge is 2.44. The van der Waals surface area contributed by atoms with Gasteiger partial charge in [-0.05, 0) is 70.6 Å². The first-order valence-electron chi connectivity index (χ1n) is 21.4. The Balaban J connectivity index is 2.41. The molecule has 0 aliphatic carbocycles. The molecule has 4 N–H and O–H groups in total. The van der Waals surface area contributed by atoms with Crippen molar-refractivity contribution in [2.45, 2.75) is 166 Å². The Morgan fingerprint density at radius 1 is 0.579 bits per heavy atom. The maximum atomic E-state index is 12.7. The summed E-state index contributed by atoms with van der Waals surface area (Å²) in [5.74, 6) is -0.883. The van der Waals surface area contributed by atoms with E-state index in [0.717, 1.165) is 83.5 Å². The number of unbranched alkanes of at least 4 members (excludes halogenated alkanes) is 9. The Kier molecular flexibility index (Phi) is 33.5. The van der Waals surface area contributed by atoms with Crippen LogP contribution in [0.15, 0.2) is 97.2 Å². The number of carbonyl (C=O) groups is 2. The zero-order valence-corrected chi connectivity index (χ0v) is 34.8. The van der Waals surface area contributed by atoms with Crippen LogP contribution in [0.3, 0.4) is 0 Å². The molecule has 2 unspecified atom stereocenters. The summed E-state index contributed by atoms with van der Waals surface area (Å²) in [5.41, 5.74) is 0. The maximum Gasteiger partial charge on any atom is 0.306 e. The second kappa shape index (κ2) is 36.9. The lowest BCUT2D eigenvalue weighted by Crippen LogP contribution is -2.59. The fraction of sp³-hybridized carbons (Fsp3) is 0.617. The summed E-state index contributed by atoms with van der Waals surface area (Å²) in [6.07, 6.45) is 41.2. The van der Waals surface area contributed by atoms with Gasteiger partial charge in [0.05, 0.1) is 13.2 Å². The molecule has 0 radical (unpaired) electrons. The van der Waals surface area contributed by atoms with E-state index in [1.54, 1.807) is 0 Å². The number of rotatable bonds is 33. The van der Waals surface area contributed by atoms with E-state index in [9.17, 15) is 30.0 Å². The molecule has 1 fully saturated rings. The molecule has 0 aromatic heterocycles. The third kappa shape index (κ3) is 28.6. The predicted molar refractivity (Wildman–Crippen MR) is 228 cm³/mol. The lowest BCUT2D eigenvalue weighted by Gasteiger charge is -2.39. The van der Waals surface area contributed by atoms with Gasteiger partial charge in [0.25, 0.3) is 0 Å². The highest BCUT2D eigenvalue weighted by Crippen LogP contribution is 2.22. The van der Waals surface area contributed by atoms with E-state index in [0.29, 0.717) is 12.8 Å². The minimum absolute atomic E-state index is 0.190. The van der Waals surface area contributed by atoms with Crippen molar-refractivity contribution in [3.63, 3.8) is 0 Å². The number of aliphatic hydroxyl groups excluding tert-OH is 4. The molecule has 1 heterocycles. The molecule has 0 spiro atoms. The van der Waals surface area contributed by atoms with Crippen LogP contribution in [-0.2, 0) is 28.5 Å². The number of ether oxygens (including phenoxy) is 4. The molecule has 0 aromatic rings. The van der Waals surface area contributed by atoms with Crippen molar-refractivity contribution in [3.8, 4) is 0 Å². The molecule has 322 valence electrons. The predicted octanol–water partition coefficient (Wildman–Crippen LogP) is 8.77. The number of hydrogen-bond donors (Lipinski definition) is 4. The monoisotopic (exact) mass is 799 g/mol. The van der Waals surface area contributed by atoms with E-state index in [2.05, 4.69) is 80.7 Å². The Labute approximate surface area is 343 Å². The van der Waals surface area contributed by atoms with Gasteiger partial charge in [0.2, 0.25) is 0 Å². The van der Waals surface area contributed by atoms with E-state index in [4.69, 9.17) is 18.9 Å². The van der Waals surface area contributed by atoms with Crippen molar-refractivity contribution in [3.05, 3.63) is 97.2 Å². The fourth-order valence-electron chi connectivity index (χ4n) is 5.66.